The standard InChI is InChI=1S/C36H44N2/c37-35-25-21-33(22-26-35)11-5-9-31-17-13-29(14-18-31)7-3-1-2-4-8-30-15-19-32(20-16-30)10-6-12-34-23-27-36(38)28-24-34/h13-28H,1-12,37-38H2. The minimum absolute atomic E-state index is 0.840. The van der Waals surface area contributed by atoms with Crippen LogP contribution in [-0.4, -0.2) is 0 Å². The van der Waals surface area contributed by atoms with Gasteiger partial charge in [0.15, 0.2) is 0 Å². The smallest absolute Gasteiger partial charge is 0.0314 e. The van der Waals surface area contributed by atoms with Crippen molar-refractivity contribution in [2.75, 3.05) is 11.5 Å². The van der Waals surface area contributed by atoms with E-state index in [1.165, 1.54) is 84.7 Å². The lowest BCUT2D eigenvalue weighted by molar-refractivity contribution is 0.640. The molecule has 0 atom stereocenters. The predicted molar refractivity (Wildman–Crippen MR) is 165 cm³/mol. The van der Waals surface area contributed by atoms with Gasteiger partial charge in [-0.05, 0) is 122 Å². The summed E-state index contributed by atoms with van der Waals surface area (Å²) >= 11 is 0. The van der Waals surface area contributed by atoms with E-state index in [1.807, 2.05) is 24.3 Å². The SMILES string of the molecule is Nc1ccc(CCCc2ccc(CCCCCCc3ccc(CCCc4ccc(N)cc4)cc3)cc2)cc1. The fourth-order valence-corrected chi connectivity index (χ4v) is 5.12. The fraction of sp³-hybridized carbons (Fsp3) is 0.333. The van der Waals surface area contributed by atoms with E-state index in [2.05, 4.69) is 72.8 Å². The van der Waals surface area contributed by atoms with Gasteiger partial charge in [0.25, 0.3) is 0 Å². The van der Waals surface area contributed by atoms with Gasteiger partial charge in [-0.3, -0.25) is 0 Å². The third-order valence-corrected chi connectivity index (χ3v) is 7.55. The van der Waals surface area contributed by atoms with Crippen LogP contribution in [0.1, 0.15) is 71.9 Å². The van der Waals surface area contributed by atoms with Crippen molar-refractivity contribution in [3.8, 4) is 0 Å². The van der Waals surface area contributed by atoms with Gasteiger partial charge >= 0.3 is 0 Å². The van der Waals surface area contributed by atoms with Crippen LogP contribution in [-0.2, 0) is 38.5 Å². The van der Waals surface area contributed by atoms with Crippen molar-refractivity contribution < 1.29 is 0 Å². The monoisotopic (exact) mass is 504 g/mol. The van der Waals surface area contributed by atoms with Crippen molar-refractivity contribution in [3.63, 3.8) is 0 Å². The molecule has 0 saturated heterocycles. The zero-order valence-electron chi connectivity index (χ0n) is 22.9. The van der Waals surface area contributed by atoms with E-state index in [9.17, 15) is 0 Å². The van der Waals surface area contributed by atoms with Crippen molar-refractivity contribution in [3.05, 3.63) is 130 Å². The second kappa shape index (κ2) is 15.0. The molecule has 198 valence electrons. The molecule has 4 aromatic rings. The number of benzene rings is 4. The van der Waals surface area contributed by atoms with E-state index >= 15 is 0 Å². The van der Waals surface area contributed by atoms with Crippen LogP contribution in [0.15, 0.2) is 97.1 Å². The molecule has 4 N–H and O–H groups in total. The van der Waals surface area contributed by atoms with E-state index in [-0.39, 0.29) is 0 Å². The summed E-state index contributed by atoms with van der Waals surface area (Å²) in [6, 6.07) is 35.1. The van der Waals surface area contributed by atoms with Gasteiger partial charge in [0.05, 0.1) is 0 Å². The first-order valence-corrected chi connectivity index (χ1v) is 14.5. The van der Waals surface area contributed by atoms with Gasteiger partial charge in [0, 0.05) is 11.4 Å². The Labute approximate surface area is 230 Å². The largest absolute Gasteiger partial charge is 0.399 e. The molecule has 0 bridgehead atoms. The highest BCUT2D eigenvalue weighted by atomic mass is 14.5. The first kappa shape index (κ1) is 27.5. The number of nitrogens with two attached hydrogens (primary N) is 2. The molecule has 4 aromatic carbocycles. The summed E-state index contributed by atoms with van der Waals surface area (Å²) in [6.07, 6.45) is 14.4. The number of aryl methyl sites for hydroxylation is 6. The summed E-state index contributed by atoms with van der Waals surface area (Å²) < 4.78 is 0. The number of hydrogen-bond acceptors (Lipinski definition) is 2. The Hall–Kier alpha value is -3.52. The number of rotatable bonds is 15. The molecule has 0 spiro atoms. The lowest BCUT2D eigenvalue weighted by Crippen LogP contribution is -1.93. The van der Waals surface area contributed by atoms with Crippen LogP contribution in [0, 0.1) is 0 Å². The molecule has 0 aliphatic heterocycles. The zero-order valence-corrected chi connectivity index (χ0v) is 22.9. The third-order valence-electron chi connectivity index (χ3n) is 7.55. The molecular formula is C36H44N2. The van der Waals surface area contributed by atoms with E-state index in [4.69, 9.17) is 11.5 Å². The van der Waals surface area contributed by atoms with Gasteiger partial charge in [-0.15, -0.1) is 0 Å². The van der Waals surface area contributed by atoms with E-state index < -0.39 is 0 Å². The number of anilines is 2. The zero-order chi connectivity index (χ0) is 26.4. The highest BCUT2D eigenvalue weighted by Crippen LogP contribution is 2.16. The van der Waals surface area contributed by atoms with Crippen LogP contribution >= 0.6 is 0 Å². The summed E-state index contributed by atoms with van der Waals surface area (Å²) in [7, 11) is 0. The van der Waals surface area contributed by atoms with Crippen molar-refractivity contribution in [2.24, 2.45) is 0 Å². The Bertz CT molecular complexity index is 1090. The summed E-state index contributed by atoms with van der Waals surface area (Å²) in [5, 5.41) is 0. The summed E-state index contributed by atoms with van der Waals surface area (Å²) in [4.78, 5) is 0. The second-order valence-corrected chi connectivity index (χ2v) is 10.7. The first-order valence-electron chi connectivity index (χ1n) is 14.5. The molecule has 0 unspecified atom stereocenters. The quantitative estimate of drug-likeness (QED) is 0.126. The van der Waals surface area contributed by atoms with E-state index in [0.717, 1.165) is 37.1 Å². The fourth-order valence-electron chi connectivity index (χ4n) is 5.12. The molecular weight excluding hydrogens is 460 g/mol. The average Bonchev–Trinajstić information content (AvgIpc) is 2.94. The molecule has 0 radical (unpaired) electrons. The first-order chi connectivity index (χ1) is 18.6. The molecule has 2 nitrogen and oxygen atoms in total. The lowest BCUT2D eigenvalue weighted by Gasteiger charge is -2.07. The van der Waals surface area contributed by atoms with Gasteiger partial charge < -0.3 is 11.5 Å². The average molecular weight is 505 g/mol. The molecule has 0 aromatic heterocycles. The number of hydrogen-bond donors (Lipinski definition) is 2. The van der Waals surface area contributed by atoms with E-state index in [0.29, 0.717) is 0 Å². The predicted octanol–water partition coefficient (Wildman–Crippen LogP) is 8.55. The van der Waals surface area contributed by atoms with Gasteiger partial charge in [-0.2, -0.15) is 0 Å². The molecule has 4 rings (SSSR count). The maximum atomic E-state index is 5.77. The van der Waals surface area contributed by atoms with Gasteiger partial charge in [0.1, 0.15) is 0 Å². The molecule has 0 aliphatic carbocycles. The molecule has 0 amide bonds. The van der Waals surface area contributed by atoms with Crippen molar-refractivity contribution in [1.29, 1.82) is 0 Å². The van der Waals surface area contributed by atoms with Crippen molar-refractivity contribution in [2.45, 2.75) is 77.0 Å². The van der Waals surface area contributed by atoms with Crippen molar-refractivity contribution in [1.82, 2.24) is 0 Å². The highest BCUT2D eigenvalue weighted by Gasteiger charge is 2.01. The van der Waals surface area contributed by atoms with E-state index in [1.54, 1.807) is 0 Å². The Kier molecular flexibility index (Phi) is 10.9. The minimum atomic E-state index is 0.840. The van der Waals surface area contributed by atoms with Gasteiger partial charge in [-0.25, -0.2) is 0 Å². The van der Waals surface area contributed by atoms with Crippen LogP contribution in [0.25, 0.3) is 0 Å². The normalized spacial score (nSPS) is 11.1. The molecule has 0 fully saturated rings. The molecule has 0 aliphatic rings. The summed E-state index contributed by atoms with van der Waals surface area (Å²) in [6.45, 7) is 0. The Morgan fingerprint density at radius 3 is 0.737 bits per heavy atom. The van der Waals surface area contributed by atoms with Crippen molar-refractivity contribution >= 4 is 11.4 Å². The highest BCUT2D eigenvalue weighted by molar-refractivity contribution is 5.40. The van der Waals surface area contributed by atoms with Crippen LogP contribution < -0.4 is 11.5 Å². The Balaban J connectivity index is 1.04. The van der Waals surface area contributed by atoms with Crippen LogP contribution in [0.2, 0.25) is 0 Å². The minimum Gasteiger partial charge on any atom is -0.399 e. The third kappa shape index (κ3) is 9.74. The number of unbranched alkanes of at least 4 members (excludes halogenated alkanes) is 3. The Morgan fingerprint density at radius 1 is 0.263 bits per heavy atom. The summed E-state index contributed by atoms with van der Waals surface area (Å²) in [5.74, 6) is 0. The van der Waals surface area contributed by atoms with Crippen LogP contribution in [0.5, 0.6) is 0 Å². The molecule has 0 saturated carbocycles. The van der Waals surface area contributed by atoms with Crippen LogP contribution in [0.3, 0.4) is 0 Å². The summed E-state index contributed by atoms with van der Waals surface area (Å²) in [5.41, 5.74) is 21.8. The maximum absolute atomic E-state index is 5.77. The van der Waals surface area contributed by atoms with Gasteiger partial charge in [0.2, 0.25) is 0 Å². The Morgan fingerprint density at radius 2 is 0.474 bits per heavy atom. The van der Waals surface area contributed by atoms with Crippen LogP contribution in [0.4, 0.5) is 11.4 Å². The molecule has 2 heteroatoms. The molecule has 0 heterocycles. The van der Waals surface area contributed by atoms with Gasteiger partial charge in [-0.1, -0.05) is 85.6 Å². The number of nitrogen functional groups attached to an aromatic ring is 2. The topological polar surface area (TPSA) is 52.0 Å². The lowest BCUT2D eigenvalue weighted by atomic mass is 9.99. The second-order valence-electron chi connectivity index (χ2n) is 10.7. The molecule has 38 heavy (non-hydrogen) atoms. The maximum Gasteiger partial charge on any atom is 0.0314 e.